The van der Waals surface area contributed by atoms with Crippen molar-refractivity contribution >= 4 is 12.4 Å². The first-order valence-corrected chi connectivity index (χ1v) is 10.7. The predicted molar refractivity (Wildman–Crippen MR) is 78.9 cm³/mol. The second-order valence-corrected chi connectivity index (χ2v) is 10.7. The van der Waals surface area contributed by atoms with E-state index in [0.717, 1.165) is 12.8 Å². The van der Waals surface area contributed by atoms with Gasteiger partial charge in [-0.3, -0.25) is 0 Å². The first-order chi connectivity index (χ1) is 8.93. The maximum absolute atomic E-state index is 6.64. The molecule has 0 aliphatic heterocycles. The number of allylic oxidation sites excluding steroid dienone is 8. The molecular formula is C16H22ClOZr. The van der Waals surface area contributed by atoms with Gasteiger partial charge in [0.25, 0.3) is 0 Å². The van der Waals surface area contributed by atoms with Crippen molar-refractivity contribution in [3.63, 3.8) is 0 Å². The summed E-state index contributed by atoms with van der Waals surface area (Å²) in [6.45, 7) is 0. The Labute approximate surface area is 131 Å². The molecule has 0 radical (unpaired) electrons. The zero-order valence-corrected chi connectivity index (χ0v) is 14.6. The largest absolute Gasteiger partial charge is 0.147 e. The van der Waals surface area contributed by atoms with E-state index in [9.17, 15) is 0 Å². The molecule has 0 amide bonds. The van der Waals surface area contributed by atoms with Crippen LogP contribution in [0.25, 0.3) is 0 Å². The van der Waals surface area contributed by atoms with Crippen LogP contribution >= 0.6 is 12.4 Å². The van der Waals surface area contributed by atoms with Crippen molar-refractivity contribution in [1.29, 1.82) is 0 Å². The second kappa shape index (κ2) is 7.76. The Kier molecular flexibility index (Phi) is 6.33. The topological polar surface area (TPSA) is 9.23 Å². The average molecular weight is 357 g/mol. The van der Waals surface area contributed by atoms with Crippen LogP contribution in [-0.4, -0.2) is 6.10 Å². The molecule has 0 heterocycles. The van der Waals surface area contributed by atoms with E-state index in [2.05, 4.69) is 36.5 Å². The molecule has 3 aliphatic carbocycles. The summed E-state index contributed by atoms with van der Waals surface area (Å²) in [7, 11) is 0. The van der Waals surface area contributed by atoms with E-state index < -0.39 is 22.2 Å². The zero-order chi connectivity index (χ0) is 12.2. The Morgan fingerprint density at radius 1 is 0.895 bits per heavy atom. The average Bonchev–Trinajstić information content (AvgIpc) is 3.11. The van der Waals surface area contributed by atoms with Gasteiger partial charge in [-0.1, -0.05) is 0 Å². The number of halogens is 1. The molecule has 0 spiro atoms. The molecule has 0 saturated heterocycles. The van der Waals surface area contributed by atoms with Crippen LogP contribution in [0.1, 0.15) is 44.9 Å². The third kappa shape index (κ3) is 4.03. The molecule has 19 heavy (non-hydrogen) atoms. The Morgan fingerprint density at radius 3 is 1.95 bits per heavy atom. The first-order valence-electron chi connectivity index (χ1n) is 7.19. The normalized spacial score (nSPS) is 22.1. The fraction of sp³-hybridized carbons (Fsp3) is 0.500. The van der Waals surface area contributed by atoms with Gasteiger partial charge in [0.05, 0.1) is 0 Å². The molecule has 3 rings (SSSR count). The SMILES string of the molecule is C1=CC[C]([Zr]([O]C2CCCCC2)[C]2=CC=CC2)=C1.Cl. The fourth-order valence-corrected chi connectivity index (χ4v) is 8.80. The van der Waals surface area contributed by atoms with Crippen molar-refractivity contribution in [2.24, 2.45) is 0 Å². The molecule has 0 unspecified atom stereocenters. The number of hydrogen-bond acceptors (Lipinski definition) is 1. The molecule has 103 valence electrons. The maximum Gasteiger partial charge on any atom is -0.147 e. The summed E-state index contributed by atoms with van der Waals surface area (Å²) in [6, 6.07) is 0. The minimum Gasteiger partial charge on any atom is -0.147 e. The fourth-order valence-electron chi connectivity index (χ4n) is 2.94. The smallest absolute Gasteiger partial charge is 0.147 e. The molecule has 3 aliphatic rings. The van der Waals surface area contributed by atoms with Crippen molar-refractivity contribution in [2.75, 3.05) is 0 Å². The van der Waals surface area contributed by atoms with Crippen LogP contribution in [0.4, 0.5) is 0 Å². The Morgan fingerprint density at radius 2 is 1.47 bits per heavy atom. The van der Waals surface area contributed by atoms with Gasteiger partial charge in [-0.2, -0.15) is 0 Å². The molecule has 1 saturated carbocycles. The van der Waals surface area contributed by atoms with E-state index in [-0.39, 0.29) is 12.4 Å². The molecule has 0 atom stereocenters. The molecule has 1 fully saturated rings. The summed E-state index contributed by atoms with van der Waals surface area (Å²) in [5, 5.41) is 0. The van der Waals surface area contributed by atoms with Crippen molar-refractivity contribution in [1.82, 2.24) is 0 Å². The van der Waals surface area contributed by atoms with Gasteiger partial charge in [-0.15, -0.1) is 12.4 Å². The standard InChI is InChI=1S/C6H11O.2C5H5.ClH.Zr/c7-6-4-2-1-3-5-6;2*1-2-4-5-3-1;;/h6H,1-5H2;2*1-3H,4H2;1H;/q-1;;;;+1. The molecular weight excluding hydrogens is 335 g/mol. The van der Waals surface area contributed by atoms with Crippen molar-refractivity contribution in [3.8, 4) is 0 Å². The van der Waals surface area contributed by atoms with E-state index in [1.807, 2.05) is 0 Å². The first kappa shape index (κ1) is 15.5. The Balaban J connectivity index is 0.00000133. The molecule has 0 aromatic rings. The number of rotatable bonds is 4. The number of hydrogen-bond donors (Lipinski definition) is 0. The minimum atomic E-state index is -1.96. The molecule has 0 N–H and O–H groups in total. The van der Waals surface area contributed by atoms with Crippen LogP contribution in [-0.2, 0) is 25.0 Å². The van der Waals surface area contributed by atoms with Gasteiger partial charge in [0.2, 0.25) is 0 Å². The van der Waals surface area contributed by atoms with Gasteiger partial charge in [-0.25, -0.2) is 0 Å². The van der Waals surface area contributed by atoms with E-state index in [4.69, 9.17) is 2.81 Å². The van der Waals surface area contributed by atoms with Crippen LogP contribution in [0.5, 0.6) is 0 Å². The Bertz CT molecular complexity index is 386. The van der Waals surface area contributed by atoms with E-state index in [1.54, 1.807) is 6.56 Å². The third-order valence-electron chi connectivity index (χ3n) is 3.96. The molecule has 0 aromatic heterocycles. The molecule has 0 aromatic carbocycles. The van der Waals surface area contributed by atoms with Gasteiger partial charge < -0.3 is 0 Å². The summed E-state index contributed by atoms with van der Waals surface area (Å²) in [5.41, 5.74) is 0. The second-order valence-electron chi connectivity index (χ2n) is 5.36. The van der Waals surface area contributed by atoms with Gasteiger partial charge in [-0.05, 0) is 0 Å². The summed E-state index contributed by atoms with van der Waals surface area (Å²) in [6.07, 6.45) is 23.3. The van der Waals surface area contributed by atoms with Gasteiger partial charge in [0, 0.05) is 0 Å². The van der Waals surface area contributed by atoms with Crippen LogP contribution in [0.15, 0.2) is 43.0 Å². The third-order valence-corrected chi connectivity index (χ3v) is 10.1. The van der Waals surface area contributed by atoms with Crippen LogP contribution in [0.2, 0.25) is 0 Å². The van der Waals surface area contributed by atoms with Crippen LogP contribution in [0, 0.1) is 0 Å². The van der Waals surface area contributed by atoms with Crippen molar-refractivity contribution in [2.45, 2.75) is 51.0 Å². The monoisotopic (exact) mass is 355 g/mol. The van der Waals surface area contributed by atoms with Crippen LogP contribution in [0.3, 0.4) is 0 Å². The van der Waals surface area contributed by atoms with Gasteiger partial charge in [0.15, 0.2) is 0 Å². The van der Waals surface area contributed by atoms with Crippen LogP contribution < -0.4 is 0 Å². The summed E-state index contributed by atoms with van der Waals surface area (Å²) >= 11 is -1.96. The summed E-state index contributed by atoms with van der Waals surface area (Å²) in [5.74, 6) is 0. The van der Waals surface area contributed by atoms with Gasteiger partial charge in [0.1, 0.15) is 0 Å². The van der Waals surface area contributed by atoms with Crippen molar-refractivity contribution in [3.05, 3.63) is 43.0 Å². The minimum absolute atomic E-state index is 0. The van der Waals surface area contributed by atoms with Crippen molar-refractivity contribution < 1.29 is 25.0 Å². The van der Waals surface area contributed by atoms with E-state index in [0.29, 0.717) is 6.10 Å². The molecule has 0 bridgehead atoms. The predicted octanol–water partition coefficient (Wildman–Crippen LogP) is 4.98. The summed E-state index contributed by atoms with van der Waals surface area (Å²) < 4.78 is 9.91. The van der Waals surface area contributed by atoms with E-state index >= 15 is 0 Å². The van der Waals surface area contributed by atoms with Gasteiger partial charge >= 0.3 is 119 Å². The Hall–Kier alpha value is 0.0931. The summed E-state index contributed by atoms with van der Waals surface area (Å²) in [4.78, 5) is 0. The molecule has 3 heteroatoms. The quantitative estimate of drug-likeness (QED) is 0.690. The van der Waals surface area contributed by atoms with E-state index in [1.165, 1.54) is 32.1 Å². The molecule has 1 nitrogen and oxygen atoms in total. The maximum atomic E-state index is 6.64. The zero-order valence-electron chi connectivity index (χ0n) is 11.3.